The van der Waals surface area contributed by atoms with Gasteiger partial charge in [0, 0.05) is 25.6 Å². The highest BCUT2D eigenvalue weighted by molar-refractivity contribution is 5.78. The quantitative estimate of drug-likeness (QED) is 0.794. The van der Waals surface area contributed by atoms with Gasteiger partial charge in [-0.25, -0.2) is 0 Å². The number of likely N-dealkylation sites (tertiary alicyclic amines) is 1. The van der Waals surface area contributed by atoms with E-state index in [9.17, 15) is 9.59 Å². The van der Waals surface area contributed by atoms with Crippen molar-refractivity contribution < 1.29 is 19.1 Å². The molecule has 0 radical (unpaired) electrons. The number of nitrogens with one attached hydrogen (secondary N) is 1. The summed E-state index contributed by atoms with van der Waals surface area (Å²) in [6.45, 7) is 9.99. The molecule has 6 heteroatoms. The smallest absolute Gasteiger partial charge is 0.258 e. The Labute approximate surface area is 162 Å². The summed E-state index contributed by atoms with van der Waals surface area (Å²) < 4.78 is 11.1. The summed E-state index contributed by atoms with van der Waals surface area (Å²) >= 11 is 0. The lowest BCUT2D eigenvalue weighted by Gasteiger charge is -2.34. The maximum Gasteiger partial charge on any atom is 0.258 e. The van der Waals surface area contributed by atoms with Crippen LogP contribution in [0.4, 0.5) is 0 Å². The molecule has 1 heterocycles. The number of rotatable bonds is 7. The zero-order valence-corrected chi connectivity index (χ0v) is 16.9. The minimum absolute atomic E-state index is 0.00271. The lowest BCUT2D eigenvalue weighted by atomic mass is 9.91. The molecule has 0 spiro atoms. The second-order valence-corrected chi connectivity index (χ2v) is 8.13. The Hall–Kier alpha value is -2.24. The summed E-state index contributed by atoms with van der Waals surface area (Å²) in [5.74, 6) is 1.25. The molecule has 2 amide bonds. The van der Waals surface area contributed by atoms with Gasteiger partial charge in [0.1, 0.15) is 0 Å². The number of para-hydroxylation sites is 2. The molecule has 27 heavy (non-hydrogen) atoms. The normalized spacial score (nSPS) is 15.3. The molecular formula is C21H32N2O4. The minimum Gasteiger partial charge on any atom is -0.490 e. The molecule has 1 N–H and O–H groups in total. The van der Waals surface area contributed by atoms with Gasteiger partial charge >= 0.3 is 0 Å². The average Bonchev–Trinajstić information content (AvgIpc) is 2.60. The molecule has 0 aromatic heterocycles. The number of hydrogen-bond donors (Lipinski definition) is 1. The number of amides is 2. The summed E-state index contributed by atoms with van der Waals surface area (Å²) in [6.07, 6.45) is 2.10. The molecule has 0 atom stereocenters. The van der Waals surface area contributed by atoms with Gasteiger partial charge in [-0.05, 0) is 37.3 Å². The Morgan fingerprint density at radius 2 is 1.70 bits per heavy atom. The van der Waals surface area contributed by atoms with E-state index in [-0.39, 0.29) is 29.9 Å². The number of carbonyl (C=O) groups excluding carboxylic acids is 2. The van der Waals surface area contributed by atoms with Crippen LogP contribution < -0.4 is 14.8 Å². The lowest BCUT2D eigenvalue weighted by molar-refractivity contribution is -0.134. The summed E-state index contributed by atoms with van der Waals surface area (Å²) in [6, 6.07) is 7.41. The maximum absolute atomic E-state index is 12.3. The second-order valence-electron chi connectivity index (χ2n) is 8.13. The third kappa shape index (κ3) is 7.12. The van der Waals surface area contributed by atoms with Gasteiger partial charge < -0.3 is 19.7 Å². The molecule has 150 valence electrons. The molecule has 1 saturated heterocycles. The highest BCUT2D eigenvalue weighted by Crippen LogP contribution is 2.26. The molecule has 1 aromatic carbocycles. The molecule has 6 nitrogen and oxygen atoms in total. The van der Waals surface area contributed by atoms with Crippen molar-refractivity contribution >= 4 is 11.8 Å². The topological polar surface area (TPSA) is 67.9 Å². The van der Waals surface area contributed by atoms with Crippen LogP contribution in [0.25, 0.3) is 0 Å². The molecule has 1 aromatic rings. The highest BCUT2D eigenvalue weighted by atomic mass is 16.5. The number of hydrogen-bond acceptors (Lipinski definition) is 4. The third-order valence-corrected chi connectivity index (χ3v) is 4.40. The van der Waals surface area contributed by atoms with Crippen molar-refractivity contribution in [3.8, 4) is 11.5 Å². The number of benzene rings is 1. The summed E-state index contributed by atoms with van der Waals surface area (Å²) in [5.41, 5.74) is -0.00271. The van der Waals surface area contributed by atoms with E-state index in [1.165, 1.54) is 0 Å². The largest absolute Gasteiger partial charge is 0.490 e. The molecule has 2 rings (SSSR count). The first-order valence-electron chi connectivity index (χ1n) is 9.70. The van der Waals surface area contributed by atoms with Crippen LogP contribution in [0.2, 0.25) is 0 Å². The Bertz CT molecular complexity index is 631. The molecular weight excluding hydrogens is 344 g/mol. The number of carbonyl (C=O) groups is 2. The van der Waals surface area contributed by atoms with Gasteiger partial charge in [-0.2, -0.15) is 0 Å². The molecule has 0 saturated carbocycles. The Morgan fingerprint density at radius 3 is 2.26 bits per heavy atom. The monoisotopic (exact) mass is 376 g/mol. The van der Waals surface area contributed by atoms with Crippen molar-refractivity contribution in [2.24, 2.45) is 5.41 Å². The van der Waals surface area contributed by atoms with Crippen LogP contribution in [-0.4, -0.2) is 49.1 Å². The molecule has 0 bridgehead atoms. The summed E-state index contributed by atoms with van der Waals surface area (Å²) in [5, 5.41) is 3.01. The van der Waals surface area contributed by atoms with Gasteiger partial charge in [-0.1, -0.05) is 32.9 Å². The van der Waals surface area contributed by atoms with Crippen LogP contribution in [-0.2, 0) is 9.59 Å². The Morgan fingerprint density at radius 1 is 1.11 bits per heavy atom. The number of ether oxygens (including phenoxy) is 2. The van der Waals surface area contributed by atoms with Crippen molar-refractivity contribution in [3.05, 3.63) is 24.3 Å². The van der Waals surface area contributed by atoms with E-state index in [1.54, 1.807) is 6.07 Å². The highest BCUT2D eigenvalue weighted by Gasteiger charge is 2.26. The summed E-state index contributed by atoms with van der Waals surface area (Å²) in [4.78, 5) is 26.4. The van der Waals surface area contributed by atoms with Crippen LogP contribution >= 0.6 is 0 Å². The van der Waals surface area contributed by atoms with E-state index in [0.29, 0.717) is 37.6 Å². The molecule has 1 aliphatic rings. The van der Waals surface area contributed by atoms with Gasteiger partial charge in [0.05, 0.1) is 6.61 Å². The average molecular weight is 376 g/mol. The van der Waals surface area contributed by atoms with Crippen LogP contribution in [0, 0.1) is 5.41 Å². The van der Waals surface area contributed by atoms with E-state index in [4.69, 9.17) is 9.47 Å². The Kier molecular flexibility index (Phi) is 7.51. The van der Waals surface area contributed by atoms with Crippen LogP contribution in [0.5, 0.6) is 11.5 Å². The predicted molar refractivity (Wildman–Crippen MR) is 105 cm³/mol. The SMILES string of the molecule is CCOc1ccccc1OCC(=O)NC1CCN(C(=O)CC(C)(C)C)CC1. The molecule has 1 aliphatic heterocycles. The van der Waals surface area contributed by atoms with E-state index in [0.717, 1.165) is 12.8 Å². The van der Waals surface area contributed by atoms with Crippen LogP contribution in [0.3, 0.4) is 0 Å². The fraction of sp³-hybridized carbons (Fsp3) is 0.619. The predicted octanol–water partition coefficient (Wildman–Crippen LogP) is 3.01. The minimum atomic E-state index is -0.152. The van der Waals surface area contributed by atoms with E-state index in [2.05, 4.69) is 26.1 Å². The van der Waals surface area contributed by atoms with Crippen molar-refractivity contribution in [1.82, 2.24) is 10.2 Å². The van der Waals surface area contributed by atoms with Crippen molar-refractivity contribution in [3.63, 3.8) is 0 Å². The van der Waals surface area contributed by atoms with Crippen LogP contribution in [0.15, 0.2) is 24.3 Å². The fourth-order valence-corrected chi connectivity index (χ4v) is 3.10. The van der Waals surface area contributed by atoms with E-state index in [1.807, 2.05) is 30.0 Å². The standard InChI is InChI=1S/C21H32N2O4/c1-5-26-17-8-6-7-9-18(17)27-15-19(24)22-16-10-12-23(13-11-16)20(25)14-21(2,3)4/h6-9,16H,5,10-15H2,1-4H3,(H,22,24). The van der Waals surface area contributed by atoms with E-state index >= 15 is 0 Å². The van der Waals surface area contributed by atoms with Gasteiger partial charge in [0.15, 0.2) is 18.1 Å². The van der Waals surface area contributed by atoms with E-state index < -0.39 is 0 Å². The molecule has 1 fully saturated rings. The fourth-order valence-electron chi connectivity index (χ4n) is 3.10. The first-order chi connectivity index (χ1) is 12.8. The molecule has 0 aliphatic carbocycles. The number of piperidine rings is 1. The lowest BCUT2D eigenvalue weighted by Crippen LogP contribution is -2.48. The molecule has 0 unspecified atom stereocenters. The zero-order valence-electron chi connectivity index (χ0n) is 16.9. The Balaban J connectivity index is 1.74. The van der Waals surface area contributed by atoms with Crippen molar-refractivity contribution in [2.75, 3.05) is 26.3 Å². The third-order valence-electron chi connectivity index (χ3n) is 4.40. The summed E-state index contributed by atoms with van der Waals surface area (Å²) in [7, 11) is 0. The van der Waals surface area contributed by atoms with Crippen LogP contribution in [0.1, 0.15) is 47.0 Å². The van der Waals surface area contributed by atoms with Gasteiger partial charge in [-0.3, -0.25) is 9.59 Å². The van der Waals surface area contributed by atoms with Crippen molar-refractivity contribution in [2.45, 2.75) is 53.0 Å². The zero-order chi connectivity index (χ0) is 19.9. The van der Waals surface area contributed by atoms with Crippen molar-refractivity contribution in [1.29, 1.82) is 0 Å². The van der Waals surface area contributed by atoms with Gasteiger partial charge in [0.2, 0.25) is 5.91 Å². The number of nitrogens with zero attached hydrogens (tertiary/aromatic N) is 1. The maximum atomic E-state index is 12.3. The second kappa shape index (κ2) is 9.62. The first kappa shape index (κ1) is 21.1. The van der Waals surface area contributed by atoms with Gasteiger partial charge in [-0.15, -0.1) is 0 Å². The first-order valence-corrected chi connectivity index (χ1v) is 9.70. The van der Waals surface area contributed by atoms with Gasteiger partial charge in [0.25, 0.3) is 5.91 Å².